The van der Waals surface area contributed by atoms with Crippen molar-refractivity contribution in [3.8, 4) is 5.75 Å². The first-order valence-corrected chi connectivity index (χ1v) is 17.3. The fraction of sp³-hybridized carbons (Fsp3) is 0.516. The summed E-state index contributed by atoms with van der Waals surface area (Å²) in [6.45, 7) is 6.59. The van der Waals surface area contributed by atoms with E-state index >= 15 is 0 Å². The summed E-state index contributed by atoms with van der Waals surface area (Å²) in [5.41, 5.74) is 3.91. The van der Waals surface area contributed by atoms with E-state index in [9.17, 15) is 33.9 Å². The normalized spacial score (nSPS) is 17.3. The molecule has 2 aromatic rings. The second-order valence-electron chi connectivity index (χ2n) is 11.3. The number of ether oxygens (including phenoxy) is 2. The van der Waals surface area contributed by atoms with Gasteiger partial charge in [-0.1, -0.05) is 0 Å². The monoisotopic (exact) mass is 700 g/mol. The fourth-order valence-corrected chi connectivity index (χ4v) is 7.36. The van der Waals surface area contributed by atoms with Gasteiger partial charge in [-0.2, -0.15) is 0 Å². The molecule has 2 saturated heterocycles. The molecule has 2 atom stereocenters. The zero-order valence-electron chi connectivity index (χ0n) is 26.2. The van der Waals surface area contributed by atoms with Crippen molar-refractivity contribution >= 4 is 61.0 Å². The molecule has 14 nitrogen and oxygen atoms in total. The van der Waals surface area contributed by atoms with Gasteiger partial charge in [-0.05, 0) is 0 Å². The number of carbonyl (C=O) groups excluding carboxylic acids is 5. The van der Waals surface area contributed by atoms with Crippen molar-refractivity contribution in [2.24, 2.45) is 0 Å². The van der Waals surface area contributed by atoms with Crippen LogP contribution in [0, 0.1) is 6.92 Å². The Hall–Kier alpha value is -4.19. The van der Waals surface area contributed by atoms with Gasteiger partial charge in [0.25, 0.3) is 0 Å². The number of amides is 4. The van der Waals surface area contributed by atoms with Crippen LogP contribution in [0.1, 0.15) is 62.0 Å². The van der Waals surface area contributed by atoms with Crippen LogP contribution in [-0.4, -0.2) is 120 Å². The molecule has 2 aliphatic heterocycles. The van der Waals surface area contributed by atoms with Crippen LogP contribution in [-0.2, 0) is 23.9 Å². The molecule has 4 amide bonds. The SMILES string of the molecule is CCCCOC(=O)N1CCN(C(=O)C(CCC(=O)O)[As]C(=O)c2cc(OCC(=O)N3NC(=O)CC3C)c3ccc(C)cc3n2)CC1. The van der Waals surface area contributed by atoms with Crippen molar-refractivity contribution in [1.29, 1.82) is 0 Å². The molecule has 2 N–H and O–H groups in total. The average Bonchev–Trinajstić information content (AvgIpc) is 3.38. The summed E-state index contributed by atoms with van der Waals surface area (Å²) >= 11 is -1.38. The van der Waals surface area contributed by atoms with Crippen molar-refractivity contribution in [3.05, 3.63) is 35.5 Å². The first-order chi connectivity index (χ1) is 22.0. The number of carboxylic acid groups (broad SMARTS) is 1. The number of aliphatic carboxylic acids is 1. The zero-order valence-corrected chi connectivity index (χ0v) is 28.1. The Morgan fingerprint density at radius 1 is 1.11 bits per heavy atom. The number of benzene rings is 1. The Morgan fingerprint density at radius 3 is 2.48 bits per heavy atom. The number of unbranched alkanes of at least 4 members (excludes halogenated alkanes) is 1. The third-order valence-corrected chi connectivity index (χ3v) is 10.3. The van der Waals surface area contributed by atoms with E-state index in [0.29, 0.717) is 17.5 Å². The molecular weight excluding hydrogens is 661 g/mol. The first-order valence-electron chi connectivity index (χ1n) is 15.3. The molecule has 1 aromatic heterocycles. The van der Waals surface area contributed by atoms with Crippen LogP contribution in [0.2, 0.25) is 4.71 Å². The van der Waals surface area contributed by atoms with Gasteiger partial charge in [-0.25, -0.2) is 0 Å². The molecule has 0 saturated carbocycles. The number of carbonyl (C=O) groups is 6. The second-order valence-corrected chi connectivity index (χ2v) is 14.0. The number of hydrogen-bond donors (Lipinski definition) is 2. The predicted octanol–water partition coefficient (Wildman–Crippen LogP) is 2.15. The van der Waals surface area contributed by atoms with Gasteiger partial charge >= 0.3 is 274 Å². The van der Waals surface area contributed by atoms with Crippen molar-refractivity contribution in [2.75, 3.05) is 39.4 Å². The van der Waals surface area contributed by atoms with E-state index in [1.54, 1.807) is 24.0 Å². The van der Waals surface area contributed by atoms with Gasteiger partial charge in [-0.15, -0.1) is 0 Å². The third kappa shape index (κ3) is 8.96. The Kier molecular flexibility index (Phi) is 12.0. The van der Waals surface area contributed by atoms with Gasteiger partial charge < -0.3 is 0 Å². The van der Waals surface area contributed by atoms with E-state index < -0.39 is 49.6 Å². The van der Waals surface area contributed by atoms with E-state index in [1.807, 2.05) is 19.9 Å². The molecule has 4 rings (SSSR count). The third-order valence-electron chi connectivity index (χ3n) is 7.70. The molecular formula is C31H39AsN5O9. The van der Waals surface area contributed by atoms with Gasteiger partial charge in [-0.3, -0.25) is 0 Å². The standard InChI is InChI=1S/C31H39AsN5O9/c1-4-5-14-45-31(44)36-12-10-35(11-13-36)30(43)22(8-9-28(40)41)32-29(42)24-17-25(21-7-6-19(2)15-23(21)33-24)46-18-27(39)37-20(3)16-26(38)34-37/h6-7,15,17,20,22H,4-5,8-14,16,18H2,1-3H3,(H,34,38)(H,40,41). The number of nitrogens with zero attached hydrogens (tertiary/aromatic N) is 4. The summed E-state index contributed by atoms with van der Waals surface area (Å²) < 4.78 is 9.92. The number of pyridine rings is 1. The molecule has 0 spiro atoms. The molecule has 2 fully saturated rings. The quantitative estimate of drug-likeness (QED) is 0.233. The zero-order chi connectivity index (χ0) is 33.4. The number of hydrogen-bond acceptors (Lipinski definition) is 9. The number of rotatable bonds is 13. The summed E-state index contributed by atoms with van der Waals surface area (Å²) in [6.07, 6.45) is 1.13. The predicted molar refractivity (Wildman–Crippen MR) is 166 cm³/mol. The van der Waals surface area contributed by atoms with Gasteiger partial charge in [0.2, 0.25) is 0 Å². The number of hydrazine groups is 1. The Morgan fingerprint density at radius 2 is 1.83 bits per heavy atom. The van der Waals surface area contributed by atoms with Crippen LogP contribution < -0.4 is 10.2 Å². The van der Waals surface area contributed by atoms with E-state index in [0.717, 1.165) is 18.4 Å². The molecule has 1 aromatic carbocycles. The first kappa shape index (κ1) is 34.7. The number of fused-ring (bicyclic) bond motifs is 1. The summed E-state index contributed by atoms with van der Waals surface area (Å²) in [7, 11) is 0. The molecule has 0 aliphatic carbocycles. The number of aryl methyl sites for hydroxylation is 1. The van der Waals surface area contributed by atoms with E-state index in [-0.39, 0.29) is 74.7 Å². The Bertz CT molecular complexity index is 1490. The average molecular weight is 701 g/mol. The molecule has 0 bridgehead atoms. The van der Waals surface area contributed by atoms with Crippen molar-refractivity contribution < 1.29 is 43.3 Å². The molecule has 1 radical (unpaired) electrons. The minimum atomic E-state index is -1.38. The maximum absolute atomic E-state index is 13.7. The maximum atomic E-state index is 13.7. The topological polar surface area (TPSA) is 176 Å². The Balaban J connectivity index is 1.48. The van der Waals surface area contributed by atoms with Crippen molar-refractivity contribution in [3.63, 3.8) is 0 Å². The van der Waals surface area contributed by atoms with Crippen LogP contribution in [0.15, 0.2) is 24.3 Å². The van der Waals surface area contributed by atoms with E-state index in [4.69, 9.17) is 9.47 Å². The van der Waals surface area contributed by atoms with Crippen molar-refractivity contribution in [2.45, 2.75) is 63.6 Å². The van der Waals surface area contributed by atoms with E-state index in [1.165, 1.54) is 16.0 Å². The summed E-state index contributed by atoms with van der Waals surface area (Å²) in [6, 6.07) is 6.51. The molecule has 46 heavy (non-hydrogen) atoms. The Labute approximate surface area is 273 Å². The van der Waals surface area contributed by atoms with Gasteiger partial charge in [0.1, 0.15) is 0 Å². The molecule has 2 aliphatic rings. The van der Waals surface area contributed by atoms with E-state index in [2.05, 4.69) is 10.4 Å². The summed E-state index contributed by atoms with van der Waals surface area (Å²) in [4.78, 5) is 83.2. The number of nitrogens with one attached hydrogen (secondary N) is 1. The van der Waals surface area contributed by atoms with Crippen LogP contribution in [0.25, 0.3) is 10.9 Å². The summed E-state index contributed by atoms with van der Waals surface area (Å²) in [5.74, 6) is -1.87. The van der Waals surface area contributed by atoms with Gasteiger partial charge in [0, 0.05) is 0 Å². The minimum absolute atomic E-state index is 0.0104. The fourth-order valence-electron chi connectivity index (χ4n) is 5.13. The number of aromatic nitrogens is 1. The van der Waals surface area contributed by atoms with Crippen LogP contribution >= 0.6 is 0 Å². The van der Waals surface area contributed by atoms with Gasteiger partial charge in [0.05, 0.1) is 0 Å². The summed E-state index contributed by atoms with van der Waals surface area (Å²) in [5, 5.41) is 11.1. The molecule has 3 heterocycles. The van der Waals surface area contributed by atoms with Crippen LogP contribution in [0.4, 0.5) is 4.79 Å². The molecule has 15 heteroatoms. The van der Waals surface area contributed by atoms with Crippen LogP contribution in [0.5, 0.6) is 5.75 Å². The van der Waals surface area contributed by atoms with Crippen molar-refractivity contribution in [1.82, 2.24) is 25.2 Å². The number of carboxylic acids is 1. The van der Waals surface area contributed by atoms with Gasteiger partial charge in [0.15, 0.2) is 0 Å². The molecule has 2 unspecified atom stereocenters. The number of piperazine rings is 1. The second kappa shape index (κ2) is 15.9. The van der Waals surface area contributed by atoms with Crippen LogP contribution in [0.3, 0.4) is 0 Å². The molecule has 247 valence electrons.